The minimum absolute atomic E-state index is 0.00755. The fraction of sp³-hybridized carbons (Fsp3) is 0.950. The van der Waals surface area contributed by atoms with E-state index >= 15 is 0 Å². The van der Waals surface area contributed by atoms with Crippen LogP contribution < -0.4 is 0 Å². The monoisotopic (exact) mass is 386 g/mol. The highest BCUT2D eigenvalue weighted by Gasteiger charge is 2.49. The van der Waals surface area contributed by atoms with Gasteiger partial charge in [0, 0.05) is 18.8 Å². The lowest BCUT2D eigenvalue weighted by molar-refractivity contribution is -0.355. The summed E-state index contributed by atoms with van der Waals surface area (Å²) in [5.41, 5.74) is 0. The molecule has 5 unspecified atom stereocenters. The normalized spacial score (nSPS) is 50.7. The van der Waals surface area contributed by atoms with Crippen molar-refractivity contribution in [3.8, 4) is 0 Å². The average molecular weight is 386 g/mol. The molecule has 0 N–H and O–H groups in total. The van der Waals surface area contributed by atoms with E-state index in [1.54, 1.807) is 0 Å². The van der Waals surface area contributed by atoms with Crippen LogP contribution in [0.2, 0.25) is 0 Å². The van der Waals surface area contributed by atoms with Crippen molar-refractivity contribution in [3.63, 3.8) is 0 Å². The zero-order chi connectivity index (χ0) is 19.9. The van der Waals surface area contributed by atoms with Crippen LogP contribution in [0.25, 0.3) is 0 Å². The number of hydrogen-bond acceptors (Lipinski definition) is 7. The van der Waals surface area contributed by atoms with E-state index in [2.05, 4.69) is 13.8 Å². The molecule has 11 atom stereocenters. The van der Waals surface area contributed by atoms with E-state index in [-0.39, 0.29) is 66.6 Å². The molecule has 0 aromatic carbocycles. The van der Waals surface area contributed by atoms with Gasteiger partial charge in [-0.2, -0.15) is 0 Å². The van der Waals surface area contributed by atoms with Gasteiger partial charge in [-0.25, -0.2) is 0 Å². The largest absolute Gasteiger partial charge is 0.459 e. The zero-order valence-corrected chi connectivity index (χ0v) is 17.4. The summed E-state index contributed by atoms with van der Waals surface area (Å²) in [4.78, 5) is 11.7. The third kappa shape index (κ3) is 4.32. The Bertz CT molecular complexity index is 524. The summed E-state index contributed by atoms with van der Waals surface area (Å²) in [5, 5.41) is 0. The van der Waals surface area contributed by atoms with E-state index in [0.717, 1.165) is 0 Å². The van der Waals surface area contributed by atoms with Crippen molar-refractivity contribution in [2.75, 3.05) is 6.61 Å². The molecule has 27 heavy (non-hydrogen) atoms. The zero-order valence-electron chi connectivity index (χ0n) is 17.4. The molecular formula is C20H34O7. The van der Waals surface area contributed by atoms with Crippen LogP contribution in [0.5, 0.6) is 0 Å². The molecule has 3 rings (SSSR count). The Morgan fingerprint density at radius 3 is 2.22 bits per heavy atom. The quantitative estimate of drug-likeness (QED) is 0.690. The third-order valence-corrected chi connectivity index (χ3v) is 6.36. The molecule has 0 bridgehead atoms. The van der Waals surface area contributed by atoms with Crippen LogP contribution in [-0.2, 0) is 33.2 Å². The maximum absolute atomic E-state index is 11.7. The molecule has 0 amide bonds. The van der Waals surface area contributed by atoms with Gasteiger partial charge in [0.2, 0.25) is 0 Å². The smallest absolute Gasteiger partial charge is 0.303 e. The predicted octanol–water partition coefficient (Wildman–Crippen LogP) is 2.51. The van der Waals surface area contributed by atoms with Crippen LogP contribution in [0, 0.1) is 17.8 Å². The van der Waals surface area contributed by atoms with Crippen molar-refractivity contribution in [1.82, 2.24) is 0 Å². The van der Waals surface area contributed by atoms with Gasteiger partial charge in [-0.1, -0.05) is 20.8 Å². The van der Waals surface area contributed by atoms with Gasteiger partial charge in [0.1, 0.15) is 18.3 Å². The summed E-state index contributed by atoms with van der Waals surface area (Å²) in [7, 11) is 0. The summed E-state index contributed by atoms with van der Waals surface area (Å²) in [6, 6.07) is 0. The van der Waals surface area contributed by atoms with Gasteiger partial charge < -0.3 is 28.4 Å². The van der Waals surface area contributed by atoms with Crippen LogP contribution >= 0.6 is 0 Å². The van der Waals surface area contributed by atoms with Gasteiger partial charge in [-0.3, -0.25) is 4.79 Å². The second-order valence-electron chi connectivity index (χ2n) is 8.34. The standard InChI is InChI=1S/C20H34O7/c1-9-10(2)20(26-16-8-22-15(7)25-17(9)16)27-19-13(5)23-12(4)11(3)18(19)24-14(6)21/h9-13,15-20H,8H2,1-7H3/t9-,10?,11?,12+,13?,15?,16?,17+,18+,19-,20+/m1/s1. The van der Waals surface area contributed by atoms with E-state index in [9.17, 15) is 4.79 Å². The fourth-order valence-electron chi connectivity index (χ4n) is 4.33. The van der Waals surface area contributed by atoms with Crippen molar-refractivity contribution < 1.29 is 33.2 Å². The lowest BCUT2D eigenvalue weighted by Crippen LogP contribution is -2.60. The van der Waals surface area contributed by atoms with Gasteiger partial charge in [0.25, 0.3) is 0 Å². The lowest BCUT2D eigenvalue weighted by Gasteiger charge is -2.50. The topological polar surface area (TPSA) is 72.5 Å². The molecule has 0 aromatic heterocycles. The highest BCUT2D eigenvalue weighted by Crippen LogP contribution is 2.39. The Balaban J connectivity index is 1.74. The summed E-state index contributed by atoms with van der Waals surface area (Å²) in [6.07, 6.45) is -1.81. The van der Waals surface area contributed by atoms with E-state index in [0.29, 0.717) is 6.61 Å². The molecular weight excluding hydrogens is 352 g/mol. The molecule has 3 aliphatic rings. The van der Waals surface area contributed by atoms with Crippen molar-refractivity contribution in [2.24, 2.45) is 17.8 Å². The molecule has 0 spiro atoms. The Kier molecular flexibility index (Phi) is 6.48. The molecule has 0 aliphatic carbocycles. The molecule has 7 nitrogen and oxygen atoms in total. The van der Waals surface area contributed by atoms with E-state index < -0.39 is 6.29 Å². The Labute approximate surface area is 161 Å². The SMILES string of the molecule is CC(=O)O[C@H]1C(C)[C@H](C)OC(C)[C@H]1O[C@@H]1OC2COC(C)O[C@H]2[C@H](C)C1C. The van der Waals surface area contributed by atoms with Gasteiger partial charge in [-0.05, 0) is 26.7 Å². The number of esters is 1. The Morgan fingerprint density at radius 1 is 0.852 bits per heavy atom. The number of rotatable bonds is 3. The van der Waals surface area contributed by atoms with Crippen molar-refractivity contribution in [3.05, 3.63) is 0 Å². The molecule has 3 heterocycles. The van der Waals surface area contributed by atoms with Crippen LogP contribution in [-0.4, -0.2) is 61.8 Å². The van der Waals surface area contributed by atoms with Crippen molar-refractivity contribution in [1.29, 1.82) is 0 Å². The number of carbonyl (C=O) groups excluding carboxylic acids is 1. The van der Waals surface area contributed by atoms with Crippen molar-refractivity contribution >= 4 is 5.97 Å². The van der Waals surface area contributed by atoms with Gasteiger partial charge in [-0.15, -0.1) is 0 Å². The summed E-state index contributed by atoms with van der Waals surface area (Å²) < 4.78 is 35.8. The van der Waals surface area contributed by atoms with E-state index in [1.165, 1.54) is 6.92 Å². The number of ether oxygens (including phenoxy) is 6. The fourth-order valence-corrected chi connectivity index (χ4v) is 4.33. The minimum Gasteiger partial charge on any atom is -0.459 e. The molecule has 156 valence electrons. The maximum atomic E-state index is 11.7. The highest BCUT2D eigenvalue weighted by atomic mass is 16.7. The van der Waals surface area contributed by atoms with Gasteiger partial charge >= 0.3 is 5.97 Å². The lowest BCUT2D eigenvalue weighted by atomic mass is 9.83. The van der Waals surface area contributed by atoms with Crippen LogP contribution in [0.1, 0.15) is 48.5 Å². The second-order valence-corrected chi connectivity index (χ2v) is 8.34. The molecule has 0 saturated carbocycles. The average Bonchev–Trinajstić information content (AvgIpc) is 2.60. The first kappa shape index (κ1) is 21.0. The molecule has 0 radical (unpaired) electrons. The summed E-state index contributed by atoms with van der Waals surface area (Å²) >= 11 is 0. The molecule has 3 fully saturated rings. The second kappa shape index (κ2) is 8.33. The van der Waals surface area contributed by atoms with Crippen molar-refractivity contribution in [2.45, 2.75) is 97.7 Å². The first-order chi connectivity index (χ1) is 12.7. The van der Waals surface area contributed by atoms with Crippen LogP contribution in [0.3, 0.4) is 0 Å². The number of fused-ring (bicyclic) bond motifs is 1. The van der Waals surface area contributed by atoms with Gasteiger partial charge in [0.05, 0.1) is 24.9 Å². The number of hydrogen-bond donors (Lipinski definition) is 0. The summed E-state index contributed by atoms with van der Waals surface area (Å²) in [6.45, 7) is 14.1. The number of carbonyl (C=O) groups is 1. The molecule has 3 aliphatic heterocycles. The maximum Gasteiger partial charge on any atom is 0.303 e. The Morgan fingerprint density at radius 2 is 1.56 bits per heavy atom. The first-order valence-electron chi connectivity index (χ1n) is 10.1. The molecule has 7 heteroatoms. The third-order valence-electron chi connectivity index (χ3n) is 6.36. The molecule has 0 aromatic rings. The predicted molar refractivity (Wildman–Crippen MR) is 96.9 cm³/mol. The first-order valence-corrected chi connectivity index (χ1v) is 10.1. The molecule has 3 saturated heterocycles. The summed E-state index contributed by atoms with van der Waals surface area (Å²) in [5.74, 6) is 0.0945. The van der Waals surface area contributed by atoms with E-state index in [1.807, 2.05) is 27.7 Å². The highest BCUT2D eigenvalue weighted by molar-refractivity contribution is 5.66. The van der Waals surface area contributed by atoms with Crippen LogP contribution in [0.4, 0.5) is 0 Å². The van der Waals surface area contributed by atoms with E-state index in [4.69, 9.17) is 28.4 Å². The van der Waals surface area contributed by atoms with Gasteiger partial charge in [0.15, 0.2) is 12.6 Å². The minimum atomic E-state index is -0.434. The Hall–Kier alpha value is -0.730. The van der Waals surface area contributed by atoms with Crippen LogP contribution in [0.15, 0.2) is 0 Å².